The van der Waals surface area contributed by atoms with E-state index in [1.54, 1.807) is 0 Å². The molecule has 2 heterocycles. The zero-order valence-electron chi connectivity index (χ0n) is 14.2. The molecule has 1 fully saturated rings. The van der Waals surface area contributed by atoms with Crippen LogP contribution in [0.25, 0.3) is 0 Å². The van der Waals surface area contributed by atoms with Gasteiger partial charge in [-0.2, -0.15) is 0 Å². The highest BCUT2D eigenvalue weighted by Crippen LogP contribution is 2.22. The number of nitrogens with zero attached hydrogens (tertiary/aromatic N) is 1. The van der Waals surface area contributed by atoms with Gasteiger partial charge in [-0.1, -0.05) is 6.92 Å². The van der Waals surface area contributed by atoms with Crippen LogP contribution in [-0.2, 0) is 11.2 Å². The molecule has 2 N–H and O–H groups in total. The van der Waals surface area contributed by atoms with Crippen LogP contribution in [0.2, 0.25) is 0 Å². The van der Waals surface area contributed by atoms with Gasteiger partial charge in [-0.15, -0.1) is 0 Å². The molecule has 0 spiro atoms. The van der Waals surface area contributed by atoms with E-state index in [1.165, 1.54) is 0 Å². The number of amides is 1. The molecule has 1 saturated heterocycles. The molecule has 0 radical (unpaired) electrons. The van der Waals surface area contributed by atoms with Crippen LogP contribution in [0.1, 0.15) is 39.0 Å². The topological polar surface area (TPSA) is 63.2 Å². The summed E-state index contributed by atoms with van der Waals surface area (Å²) in [5, 5.41) is 6.14. The van der Waals surface area contributed by atoms with Crippen LogP contribution in [0, 0.1) is 18.8 Å². The number of carbonyl (C=O) groups excluding carboxylic acids is 1. The van der Waals surface area contributed by atoms with Gasteiger partial charge in [0.1, 0.15) is 11.4 Å². The quantitative estimate of drug-likeness (QED) is 0.900. The Kier molecular flexibility index (Phi) is 5.06. The standard InChI is InChI=1S/C17H27N3O2/c1-11-6-14(8-13-10-18-9-12(13)2)19-15(7-11)20-16(21)22-17(3,4)5/h6-7,12-13,18H,8-10H2,1-5H3,(H,19,20,21). The molecule has 0 bridgehead atoms. The van der Waals surface area contributed by atoms with Gasteiger partial charge in [0.25, 0.3) is 0 Å². The number of ether oxygens (including phenoxy) is 1. The summed E-state index contributed by atoms with van der Waals surface area (Å²) in [6.45, 7) is 11.9. The first-order chi connectivity index (χ1) is 10.2. The van der Waals surface area contributed by atoms with Crippen molar-refractivity contribution in [1.82, 2.24) is 10.3 Å². The third kappa shape index (κ3) is 4.98. The number of aromatic nitrogens is 1. The van der Waals surface area contributed by atoms with E-state index in [4.69, 9.17) is 4.74 Å². The zero-order chi connectivity index (χ0) is 16.3. The number of aryl methyl sites for hydroxylation is 1. The minimum atomic E-state index is -0.512. The van der Waals surface area contributed by atoms with Crippen molar-refractivity contribution >= 4 is 11.9 Å². The fraction of sp³-hybridized carbons (Fsp3) is 0.647. The predicted molar refractivity (Wildman–Crippen MR) is 88.1 cm³/mol. The van der Waals surface area contributed by atoms with Crippen molar-refractivity contribution in [2.75, 3.05) is 18.4 Å². The van der Waals surface area contributed by atoms with Crippen molar-refractivity contribution in [3.63, 3.8) is 0 Å². The van der Waals surface area contributed by atoms with Gasteiger partial charge >= 0.3 is 6.09 Å². The fourth-order valence-electron chi connectivity index (χ4n) is 2.72. The summed E-state index contributed by atoms with van der Waals surface area (Å²) in [6.07, 6.45) is 0.464. The van der Waals surface area contributed by atoms with E-state index in [-0.39, 0.29) is 0 Å². The lowest BCUT2D eigenvalue weighted by Gasteiger charge is -2.20. The van der Waals surface area contributed by atoms with Crippen LogP contribution in [0.5, 0.6) is 0 Å². The monoisotopic (exact) mass is 305 g/mol. The SMILES string of the molecule is Cc1cc(CC2CNCC2C)nc(NC(=O)OC(C)(C)C)c1. The van der Waals surface area contributed by atoms with Crippen LogP contribution < -0.4 is 10.6 Å². The van der Waals surface area contributed by atoms with Gasteiger partial charge in [-0.3, -0.25) is 5.32 Å². The molecular weight excluding hydrogens is 278 g/mol. The predicted octanol–water partition coefficient (Wildman–Crippen LogP) is 3.14. The van der Waals surface area contributed by atoms with Crippen molar-refractivity contribution in [2.45, 2.75) is 46.6 Å². The molecular formula is C17H27N3O2. The highest BCUT2D eigenvalue weighted by Gasteiger charge is 2.24. The summed E-state index contributed by atoms with van der Waals surface area (Å²) in [7, 11) is 0. The first kappa shape index (κ1) is 16.7. The fourth-order valence-corrected chi connectivity index (χ4v) is 2.72. The lowest BCUT2D eigenvalue weighted by Crippen LogP contribution is -2.27. The molecule has 1 aliphatic heterocycles. The maximum atomic E-state index is 11.9. The summed E-state index contributed by atoms with van der Waals surface area (Å²) < 4.78 is 5.27. The van der Waals surface area contributed by atoms with Crippen molar-refractivity contribution < 1.29 is 9.53 Å². The van der Waals surface area contributed by atoms with Crippen molar-refractivity contribution in [3.8, 4) is 0 Å². The number of pyridine rings is 1. The molecule has 2 unspecified atom stereocenters. The maximum absolute atomic E-state index is 11.9. The summed E-state index contributed by atoms with van der Waals surface area (Å²) >= 11 is 0. The van der Waals surface area contributed by atoms with Crippen molar-refractivity contribution in [3.05, 3.63) is 23.4 Å². The first-order valence-electron chi connectivity index (χ1n) is 7.91. The number of hydrogen-bond donors (Lipinski definition) is 2. The van der Waals surface area contributed by atoms with Crippen LogP contribution >= 0.6 is 0 Å². The minimum Gasteiger partial charge on any atom is -0.444 e. The van der Waals surface area contributed by atoms with Crippen molar-refractivity contribution in [2.24, 2.45) is 11.8 Å². The van der Waals surface area contributed by atoms with Crippen LogP contribution in [0.15, 0.2) is 12.1 Å². The van der Waals surface area contributed by atoms with Crippen LogP contribution in [0.3, 0.4) is 0 Å². The van der Waals surface area contributed by atoms with Gasteiger partial charge in [0.2, 0.25) is 0 Å². The second-order valence-electron chi connectivity index (χ2n) is 7.25. The lowest BCUT2D eigenvalue weighted by atomic mass is 9.93. The molecule has 1 aliphatic rings. The maximum Gasteiger partial charge on any atom is 0.413 e. The summed E-state index contributed by atoms with van der Waals surface area (Å²) in [6, 6.07) is 3.95. The Hall–Kier alpha value is -1.62. The Morgan fingerprint density at radius 1 is 1.41 bits per heavy atom. The third-order valence-corrected chi connectivity index (χ3v) is 3.80. The summed E-state index contributed by atoms with van der Waals surface area (Å²) in [5.41, 5.74) is 1.60. The van der Waals surface area contributed by atoms with E-state index in [9.17, 15) is 4.79 Å². The van der Waals surface area contributed by atoms with Crippen LogP contribution in [-0.4, -0.2) is 29.8 Å². The zero-order valence-corrected chi connectivity index (χ0v) is 14.2. The van der Waals surface area contributed by atoms with E-state index in [0.29, 0.717) is 17.7 Å². The molecule has 0 aromatic carbocycles. The Morgan fingerprint density at radius 2 is 2.14 bits per heavy atom. The number of rotatable bonds is 3. The Balaban J connectivity index is 2.05. The summed E-state index contributed by atoms with van der Waals surface area (Å²) in [5.74, 6) is 1.82. The van der Waals surface area contributed by atoms with E-state index in [2.05, 4.69) is 28.6 Å². The second kappa shape index (κ2) is 6.65. The molecule has 2 atom stereocenters. The smallest absolute Gasteiger partial charge is 0.413 e. The molecule has 5 heteroatoms. The minimum absolute atomic E-state index is 0.465. The average Bonchev–Trinajstić information content (AvgIpc) is 2.71. The Bertz CT molecular complexity index is 537. The van der Waals surface area contributed by atoms with E-state index >= 15 is 0 Å². The molecule has 1 aromatic heterocycles. The first-order valence-corrected chi connectivity index (χ1v) is 7.91. The van der Waals surface area contributed by atoms with Gasteiger partial charge < -0.3 is 10.1 Å². The molecule has 1 amide bonds. The number of anilines is 1. The molecule has 5 nitrogen and oxygen atoms in total. The van der Waals surface area contributed by atoms with Gasteiger partial charge in [0, 0.05) is 5.69 Å². The van der Waals surface area contributed by atoms with Crippen LogP contribution in [0.4, 0.5) is 10.6 Å². The largest absolute Gasteiger partial charge is 0.444 e. The molecule has 22 heavy (non-hydrogen) atoms. The Morgan fingerprint density at radius 3 is 2.73 bits per heavy atom. The number of nitrogens with one attached hydrogen (secondary N) is 2. The summed E-state index contributed by atoms with van der Waals surface area (Å²) in [4.78, 5) is 16.4. The second-order valence-corrected chi connectivity index (χ2v) is 7.25. The normalized spacial score (nSPS) is 21.7. The van der Waals surface area contributed by atoms with E-state index in [0.717, 1.165) is 30.8 Å². The molecule has 0 saturated carbocycles. The highest BCUT2D eigenvalue weighted by molar-refractivity contribution is 5.83. The number of hydrogen-bond acceptors (Lipinski definition) is 4. The lowest BCUT2D eigenvalue weighted by molar-refractivity contribution is 0.0635. The van der Waals surface area contributed by atoms with E-state index < -0.39 is 11.7 Å². The van der Waals surface area contributed by atoms with Gasteiger partial charge in [0.05, 0.1) is 0 Å². The molecule has 0 aliphatic carbocycles. The third-order valence-electron chi connectivity index (χ3n) is 3.80. The number of carbonyl (C=O) groups is 1. The van der Waals surface area contributed by atoms with E-state index in [1.807, 2.05) is 33.8 Å². The van der Waals surface area contributed by atoms with Gasteiger partial charge in [0.15, 0.2) is 0 Å². The Labute approximate surface area is 132 Å². The average molecular weight is 305 g/mol. The van der Waals surface area contributed by atoms with Gasteiger partial charge in [-0.05, 0) is 76.7 Å². The molecule has 2 rings (SSSR count). The highest BCUT2D eigenvalue weighted by atomic mass is 16.6. The molecule has 122 valence electrons. The molecule has 1 aromatic rings. The van der Waals surface area contributed by atoms with Gasteiger partial charge in [-0.25, -0.2) is 9.78 Å². The van der Waals surface area contributed by atoms with Crippen molar-refractivity contribution in [1.29, 1.82) is 0 Å².